The third-order valence-electron chi connectivity index (χ3n) is 2.29. The molecular weight excluding hydrogens is 222 g/mol. The molecule has 16 heavy (non-hydrogen) atoms. The Hall–Kier alpha value is -1.46. The highest BCUT2D eigenvalue weighted by molar-refractivity contribution is 7.07. The third kappa shape index (κ3) is 2.56. The number of methoxy groups -OCH3 is 1. The molecule has 0 fully saturated rings. The molecule has 0 radical (unpaired) electrons. The normalized spacial score (nSPS) is 12.4. The molecule has 0 bridgehead atoms. The molecule has 2 N–H and O–H groups in total. The molecule has 2 aromatic heterocycles. The largest absolute Gasteiger partial charge is 0.481 e. The van der Waals surface area contributed by atoms with E-state index in [0.29, 0.717) is 5.88 Å². The van der Waals surface area contributed by atoms with E-state index < -0.39 is 0 Å². The van der Waals surface area contributed by atoms with Crippen molar-refractivity contribution in [2.45, 2.75) is 12.5 Å². The van der Waals surface area contributed by atoms with Crippen molar-refractivity contribution in [1.29, 1.82) is 0 Å². The Labute approximate surface area is 98.1 Å². The summed E-state index contributed by atoms with van der Waals surface area (Å²) in [6.07, 6.45) is 2.26. The minimum absolute atomic E-state index is 0.119. The van der Waals surface area contributed by atoms with Crippen LogP contribution in [0.5, 0.6) is 5.88 Å². The third-order valence-corrected chi connectivity index (χ3v) is 3.02. The van der Waals surface area contributed by atoms with Crippen molar-refractivity contribution in [3.05, 3.63) is 40.5 Å². The van der Waals surface area contributed by atoms with Gasteiger partial charge in [0.1, 0.15) is 6.33 Å². The molecule has 2 rings (SSSR count). The lowest BCUT2D eigenvalue weighted by Crippen LogP contribution is -2.14. The number of rotatable bonds is 4. The molecule has 1 unspecified atom stereocenters. The average molecular weight is 235 g/mol. The lowest BCUT2D eigenvalue weighted by Gasteiger charge is -2.10. The van der Waals surface area contributed by atoms with Gasteiger partial charge in [0.2, 0.25) is 5.88 Å². The molecule has 0 saturated heterocycles. The van der Waals surface area contributed by atoms with Gasteiger partial charge < -0.3 is 10.5 Å². The highest BCUT2D eigenvalue weighted by Gasteiger charge is 2.10. The zero-order valence-electron chi connectivity index (χ0n) is 8.96. The van der Waals surface area contributed by atoms with Gasteiger partial charge in [-0.15, -0.1) is 0 Å². The molecule has 2 heterocycles. The van der Waals surface area contributed by atoms with Gasteiger partial charge in [0.25, 0.3) is 0 Å². The molecule has 1 atom stereocenters. The Bertz CT molecular complexity index is 444. The smallest absolute Gasteiger partial charge is 0.216 e. The van der Waals surface area contributed by atoms with Crippen LogP contribution in [0.1, 0.15) is 17.3 Å². The number of thiophene rings is 1. The van der Waals surface area contributed by atoms with Crippen LogP contribution in [0.2, 0.25) is 0 Å². The van der Waals surface area contributed by atoms with Crippen molar-refractivity contribution in [2.24, 2.45) is 5.73 Å². The molecule has 5 heteroatoms. The first-order chi connectivity index (χ1) is 7.79. The summed E-state index contributed by atoms with van der Waals surface area (Å²) < 4.78 is 5.04. The van der Waals surface area contributed by atoms with Crippen LogP contribution < -0.4 is 10.5 Å². The first kappa shape index (κ1) is 11.0. The maximum atomic E-state index is 6.07. The molecule has 0 aliphatic heterocycles. The van der Waals surface area contributed by atoms with Gasteiger partial charge in [-0.05, 0) is 28.8 Å². The van der Waals surface area contributed by atoms with Crippen molar-refractivity contribution >= 4 is 11.3 Å². The van der Waals surface area contributed by atoms with Crippen molar-refractivity contribution < 1.29 is 4.74 Å². The minimum Gasteiger partial charge on any atom is -0.481 e. The van der Waals surface area contributed by atoms with E-state index in [4.69, 9.17) is 10.5 Å². The Kier molecular flexibility index (Phi) is 3.48. The highest BCUT2D eigenvalue weighted by Crippen LogP contribution is 2.18. The summed E-state index contributed by atoms with van der Waals surface area (Å²) in [5.41, 5.74) is 8.10. The maximum Gasteiger partial charge on any atom is 0.216 e. The molecule has 0 saturated carbocycles. The topological polar surface area (TPSA) is 61.0 Å². The van der Waals surface area contributed by atoms with Gasteiger partial charge in [-0.25, -0.2) is 9.97 Å². The summed E-state index contributed by atoms with van der Waals surface area (Å²) in [6, 6.07) is 3.73. The monoisotopic (exact) mass is 235 g/mol. The van der Waals surface area contributed by atoms with Gasteiger partial charge in [0, 0.05) is 6.07 Å². The summed E-state index contributed by atoms with van der Waals surface area (Å²) >= 11 is 1.67. The van der Waals surface area contributed by atoms with E-state index in [1.807, 2.05) is 5.38 Å². The van der Waals surface area contributed by atoms with E-state index in [0.717, 1.165) is 12.1 Å². The number of hydrogen-bond acceptors (Lipinski definition) is 5. The van der Waals surface area contributed by atoms with E-state index >= 15 is 0 Å². The number of hydrogen-bond donors (Lipinski definition) is 1. The first-order valence-corrected chi connectivity index (χ1v) is 5.86. The quantitative estimate of drug-likeness (QED) is 0.877. The predicted octanol–water partition coefficient (Wildman–Crippen LogP) is 1.79. The summed E-state index contributed by atoms with van der Waals surface area (Å²) in [5, 5.41) is 4.14. The summed E-state index contributed by atoms with van der Waals surface area (Å²) in [5.74, 6) is 0.547. The van der Waals surface area contributed by atoms with Crippen LogP contribution in [0.15, 0.2) is 29.2 Å². The molecule has 0 amide bonds. The van der Waals surface area contributed by atoms with Gasteiger partial charge in [0.15, 0.2) is 0 Å². The van der Waals surface area contributed by atoms with Crippen LogP contribution in [-0.2, 0) is 6.42 Å². The van der Waals surface area contributed by atoms with Gasteiger partial charge >= 0.3 is 0 Å². The van der Waals surface area contributed by atoms with Gasteiger partial charge in [0.05, 0.1) is 18.8 Å². The van der Waals surface area contributed by atoms with E-state index in [1.165, 1.54) is 11.9 Å². The molecular formula is C11H13N3OS. The molecule has 4 nitrogen and oxygen atoms in total. The summed E-state index contributed by atoms with van der Waals surface area (Å²) in [4.78, 5) is 8.11. The second kappa shape index (κ2) is 5.05. The Morgan fingerprint density at radius 1 is 1.50 bits per heavy atom. The van der Waals surface area contributed by atoms with E-state index in [-0.39, 0.29) is 6.04 Å². The second-order valence-corrected chi connectivity index (χ2v) is 4.21. The van der Waals surface area contributed by atoms with Gasteiger partial charge in [-0.3, -0.25) is 0 Å². The van der Waals surface area contributed by atoms with Crippen molar-refractivity contribution in [3.63, 3.8) is 0 Å². The van der Waals surface area contributed by atoms with Crippen molar-refractivity contribution in [1.82, 2.24) is 9.97 Å². The summed E-state index contributed by atoms with van der Waals surface area (Å²) in [6.45, 7) is 0. The van der Waals surface area contributed by atoms with Crippen LogP contribution in [0.3, 0.4) is 0 Å². The molecule has 84 valence electrons. The first-order valence-electron chi connectivity index (χ1n) is 4.92. The number of nitrogens with zero attached hydrogens (tertiary/aromatic N) is 2. The number of ether oxygens (including phenoxy) is 1. The van der Waals surface area contributed by atoms with Crippen molar-refractivity contribution in [3.8, 4) is 5.88 Å². The predicted molar refractivity (Wildman–Crippen MR) is 63.5 cm³/mol. The standard InChI is InChI=1S/C11H13N3OS/c1-15-11-5-10(13-7-14-11)9(12)4-8-2-3-16-6-8/h2-3,5-7,9H,4,12H2,1H3. The fraction of sp³-hybridized carbons (Fsp3) is 0.273. The zero-order chi connectivity index (χ0) is 11.4. The lowest BCUT2D eigenvalue weighted by molar-refractivity contribution is 0.395. The summed E-state index contributed by atoms with van der Waals surface area (Å²) in [7, 11) is 1.58. The fourth-order valence-corrected chi connectivity index (χ4v) is 2.12. The number of aromatic nitrogens is 2. The lowest BCUT2D eigenvalue weighted by atomic mass is 10.1. The van der Waals surface area contributed by atoms with Gasteiger partial charge in [-0.1, -0.05) is 0 Å². The number of nitrogens with two attached hydrogens (primary N) is 1. The highest BCUT2D eigenvalue weighted by atomic mass is 32.1. The molecule has 0 spiro atoms. The van der Waals surface area contributed by atoms with E-state index in [2.05, 4.69) is 21.4 Å². The molecule has 0 aromatic carbocycles. The van der Waals surface area contributed by atoms with Crippen LogP contribution in [-0.4, -0.2) is 17.1 Å². The fourth-order valence-electron chi connectivity index (χ4n) is 1.44. The average Bonchev–Trinajstić information content (AvgIpc) is 2.82. The maximum absolute atomic E-state index is 6.07. The van der Waals surface area contributed by atoms with Crippen molar-refractivity contribution in [2.75, 3.05) is 7.11 Å². The molecule has 0 aliphatic rings. The van der Waals surface area contributed by atoms with Crippen LogP contribution in [0.25, 0.3) is 0 Å². The van der Waals surface area contributed by atoms with E-state index in [1.54, 1.807) is 24.5 Å². The van der Waals surface area contributed by atoms with E-state index in [9.17, 15) is 0 Å². The molecule has 0 aliphatic carbocycles. The Morgan fingerprint density at radius 2 is 2.38 bits per heavy atom. The van der Waals surface area contributed by atoms with Gasteiger partial charge in [-0.2, -0.15) is 11.3 Å². The Balaban J connectivity index is 2.11. The zero-order valence-corrected chi connectivity index (χ0v) is 9.78. The van der Waals surface area contributed by atoms with Crippen LogP contribution >= 0.6 is 11.3 Å². The Morgan fingerprint density at radius 3 is 3.06 bits per heavy atom. The minimum atomic E-state index is -0.119. The van der Waals surface area contributed by atoms with Crippen LogP contribution in [0, 0.1) is 0 Å². The molecule has 2 aromatic rings. The second-order valence-electron chi connectivity index (χ2n) is 3.43. The SMILES string of the molecule is COc1cc(C(N)Cc2ccsc2)ncn1. The van der Waals surface area contributed by atoms with Crippen LogP contribution in [0.4, 0.5) is 0 Å².